The molecule has 0 saturated carbocycles. The Morgan fingerprint density at radius 1 is 1.50 bits per heavy atom. The molecule has 4 nitrogen and oxygen atoms in total. The third-order valence-corrected chi connectivity index (χ3v) is 2.78. The fourth-order valence-corrected chi connectivity index (χ4v) is 1.92. The quantitative estimate of drug-likeness (QED) is 0.595. The normalized spacial score (nSPS) is 24.5. The van der Waals surface area contributed by atoms with Crippen LogP contribution in [-0.4, -0.2) is 36.3 Å². The smallest absolute Gasteiger partial charge is 0.317 e. The molecule has 0 aliphatic carbocycles. The molecule has 1 aliphatic heterocycles. The van der Waals surface area contributed by atoms with Gasteiger partial charge in [-0.05, 0) is 12.5 Å². The average molecular weight is 249 g/mol. The predicted octanol–water partition coefficient (Wildman–Crippen LogP) is 1.25. The molecule has 18 heavy (non-hydrogen) atoms. The molecular weight excluding hydrogens is 230 g/mol. The van der Waals surface area contributed by atoms with E-state index in [4.69, 9.17) is 7.48 Å². The average Bonchev–Trinajstić information content (AvgIpc) is 2.64. The lowest BCUT2D eigenvalue weighted by Crippen LogP contribution is -2.25. The number of carbonyl (C=O) groups excluding carboxylic acids is 2. The highest BCUT2D eigenvalue weighted by Crippen LogP contribution is 2.17. The van der Waals surface area contributed by atoms with Gasteiger partial charge in [0.25, 0.3) is 0 Å². The van der Waals surface area contributed by atoms with Crippen LogP contribution < -0.4 is 0 Å². The molecule has 1 aromatic rings. The molecule has 0 N–H and O–H groups in total. The van der Waals surface area contributed by atoms with Crippen LogP contribution >= 0.6 is 0 Å². The van der Waals surface area contributed by atoms with E-state index >= 15 is 0 Å². The largest absolute Gasteiger partial charge is 0.465 e. The highest BCUT2D eigenvalue weighted by molar-refractivity contribution is 6.01. The first-order chi connectivity index (χ1) is 9.46. The van der Waals surface area contributed by atoms with Crippen molar-refractivity contribution in [3.05, 3.63) is 35.9 Å². The van der Waals surface area contributed by atoms with Crippen LogP contribution in [-0.2, 0) is 20.9 Å². The number of rotatable bonds is 4. The van der Waals surface area contributed by atoms with Crippen molar-refractivity contribution in [2.75, 3.05) is 19.6 Å². The second-order valence-corrected chi connectivity index (χ2v) is 4.15. The first kappa shape index (κ1) is 10.3. The molecule has 1 heterocycles. The van der Waals surface area contributed by atoms with Gasteiger partial charge in [0.2, 0.25) is 0 Å². The lowest BCUT2D eigenvalue weighted by molar-refractivity contribution is -0.149. The van der Waals surface area contributed by atoms with Crippen LogP contribution in [0, 0.1) is 5.92 Å². The minimum Gasteiger partial charge on any atom is -0.465 e. The zero-order valence-corrected chi connectivity index (χ0v) is 10.3. The fourth-order valence-electron chi connectivity index (χ4n) is 1.92. The van der Waals surface area contributed by atoms with Gasteiger partial charge in [0, 0.05) is 13.1 Å². The molecular formula is C14H17NO3. The van der Waals surface area contributed by atoms with Crippen molar-refractivity contribution in [1.29, 1.82) is 0 Å². The molecule has 0 spiro atoms. The molecule has 2 rings (SSSR count). The topological polar surface area (TPSA) is 46.6 Å². The summed E-state index contributed by atoms with van der Waals surface area (Å²) in [6.45, 7) is 0.0559. The minimum atomic E-state index is -2.13. The van der Waals surface area contributed by atoms with Gasteiger partial charge < -0.3 is 4.74 Å². The summed E-state index contributed by atoms with van der Waals surface area (Å²) in [7, 11) is 0. The summed E-state index contributed by atoms with van der Waals surface area (Å²) in [6, 6.07) is 9.29. The summed E-state index contributed by atoms with van der Waals surface area (Å²) in [4.78, 5) is 25.1. The Hall–Kier alpha value is -1.68. The van der Waals surface area contributed by atoms with Gasteiger partial charge in [0.15, 0.2) is 5.78 Å². The first-order valence-electron chi connectivity index (χ1n) is 6.96. The van der Waals surface area contributed by atoms with Crippen LogP contribution in [0.5, 0.6) is 0 Å². The third-order valence-electron chi connectivity index (χ3n) is 2.78. The van der Waals surface area contributed by atoms with Gasteiger partial charge in [0.05, 0.1) is 15.8 Å². The van der Waals surface area contributed by atoms with Gasteiger partial charge in [-0.3, -0.25) is 14.5 Å². The van der Waals surface area contributed by atoms with Crippen molar-refractivity contribution in [2.45, 2.75) is 13.5 Å². The predicted molar refractivity (Wildman–Crippen MR) is 66.8 cm³/mol. The van der Waals surface area contributed by atoms with E-state index in [1.165, 1.54) is 4.90 Å². The molecule has 1 saturated heterocycles. The van der Waals surface area contributed by atoms with Gasteiger partial charge in [-0.1, -0.05) is 30.3 Å². The van der Waals surface area contributed by atoms with E-state index < -0.39 is 24.2 Å². The van der Waals surface area contributed by atoms with Gasteiger partial charge in [0.1, 0.15) is 5.92 Å². The van der Waals surface area contributed by atoms with Crippen molar-refractivity contribution in [2.24, 2.45) is 5.92 Å². The van der Waals surface area contributed by atoms with Gasteiger partial charge >= 0.3 is 5.97 Å². The second kappa shape index (κ2) is 5.78. The summed E-state index contributed by atoms with van der Waals surface area (Å²) in [5.41, 5.74) is 0.897. The third kappa shape index (κ3) is 2.96. The highest BCUT2D eigenvalue weighted by atomic mass is 16.5. The summed E-state index contributed by atoms with van der Waals surface area (Å²) < 4.78 is 20.6. The monoisotopic (exact) mass is 249 g/mol. The lowest BCUT2D eigenvalue weighted by atomic mass is 10.1. The van der Waals surface area contributed by atoms with Crippen LogP contribution in [0.15, 0.2) is 30.3 Å². The number of likely N-dealkylation sites (tertiary alicyclic amines) is 1. The maximum atomic E-state index is 12.0. The minimum absolute atomic E-state index is 0.0551. The summed E-state index contributed by atoms with van der Waals surface area (Å²) in [5, 5.41) is 0. The van der Waals surface area contributed by atoms with E-state index in [-0.39, 0.29) is 19.7 Å². The maximum Gasteiger partial charge on any atom is 0.317 e. The van der Waals surface area contributed by atoms with E-state index in [2.05, 4.69) is 0 Å². The number of carbonyl (C=O) groups is 2. The van der Waals surface area contributed by atoms with Crippen LogP contribution in [0.25, 0.3) is 0 Å². The Morgan fingerprint density at radius 3 is 2.89 bits per heavy atom. The number of benzene rings is 1. The van der Waals surface area contributed by atoms with Crippen molar-refractivity contribution in [3.63, 3.8) is 0 Å². The lowest BCUT2D eigenvalue weighted by Gasteiger charge is -2.14. The van der Waals surface area contributed by atoms with E-state index in [9.17, 15) is 9.59 Å². The van der Waals surface area contributed by atoms with Gasteiger partial charge in [-0.2, -0.15) is 0 Å². The molecule has 1 aromatic carbocycles. The highest BCUT2D eigenvalue weighted by Gasteiger charge is 2.36. The van der Waals surface area contributed by atoms with Crippen LogP contribution in [0.2, 0.25) is 0 Å². The summed E-state index contributed by atoms with van der Waals surface area (Å²) >= 11 is 0. The number of nitrogens with zero attached hydrogens (tertiary/aromatic N) is 1. The van der Waals surface area contributed by atoms with Crippen molar-refractivity contribution in [3.8, 4) is 0 Å². The molecule has 0 radical (unpaired) electrons. The molecule has 4 heteroatoms. The molecule has 1 unspecified atom stereocenters. The SMILES string of the molecule is [2H]C1([2H])C(=O)C(C(=O)OCC)CN1Cc1ccccc1. The molecule has 1 fully saturated rings. The summed E-state index contributed by atoms with van der Waals surface area (Å²) in [5.74, 6) is -2.39. The van der Waals surface area contributed by atoms with Gasteiger partial charge in [-0.25, -0.2) is 0 Å². The summed E-state index contributed by atoms with van der Waals surface area (Å²) in [6.07, 6.45) is 0. The standard InChI is InChI=1S/C14H17NO3/c1-2-18-14(17)12-9-15(10-13(12)16)8-11-6-4-3-5-7-11/h3-7,12H,2,8-10H2,1H3/i10D2. The number of ether oxygens (including phenoxy) is 1. The van der Waals surface area contributed by atoms with E-state index in [0.29, 0.717) is 0 Å². The number of Topliss-reactive ketones (excluding diaryl/α,β-unsaturated/α-hetero) is 1. The Bertz CT molecular complexity index is 504. The molecule has 0 aromatic heterocycles. The van der Waals surface area contributed by atoms with Crippen molar-refractivity contribution >= 4 is 11.8 Å². The number of ketones is 1. The Labute approximate surface area is 109 Å². The Kier molecular flexibility index (Phi) is 3.29. The van der Waals surface area contributed by atoms with E-state index in [0.717, 1.165) is 5.56 Å². The number of esters is 1. The fraction of sp³-hybridized carbons (Fsp3) is 0.429. The number of hydrogen-bond acceptors (Lipinski definition) is 4. The Balaban J connectivity index is 2.14. The zero-order valence-electron chi connectivity index (χ0n) is 12.3. The molecule has 1 atom stereocenters. The van der Waals surface area contributed by atoms with Crippen LogP contribution in [0.1, 0.15) is 15.2 Å². The van der Waals surface area contributed by atoms with E-state index in [1.807, 2.05) is 30.3 Å². The zero-order chi connectivity index (χ0) is 14.8. The maximum absolute atomic E-state index is 12.0. The van der Waals surface area contributed by atoms with Crippen LogP contribution in [0.4, 0.5) is 0 Å². The van der Waals surface area contributed by atoms with Crippen molar-refractivity contribution < 1.29 is 17.1 Å². The second-order valence-electron chi connectivity index (χ2n) is 4.15. The van der Waals surface area contributed by atoms with Crippen LogP contribution in [0.3, 0.4) is 0 Å². The molecule has 0 amide bonds. The molecule has 0 bridgehead atoms. The molecule has 96 valence electrons. The van der Waals surface area contributed by atoms with Gasteiger partial charge in [-0.15, -0.1) is 0 Å². The Morgan fingerprint density at radius 2 is 2.22 bits per heavy atom. The first-order valence-corrected chi connectivity index (χ1v) is 5.96. The number of hydrogen-bond donors (Lipinski definition) is 0. The van der Waals surface area contributed by atoms with E-state index in [1.54, 1.807) is 6.92 Å². The molecule has 1 aliphatic rings. The van der Waals surface area contributed by atoms with Crippen molar-refractivity contribution in [1.82, 2.24) is 4.90 Å².